The number of rotatable bonds is 8. The van der Waals surface area contributed by atoms with Crippen LogP contribution in [0.5, 0.6) is 5.75 Å². The van der Waals surface area contributed by atoms with E-state index < -0.39 is 0 Å². The SMILES string of the molecule is CCOc1ccc(C=NNC(=O)CCC(=O)Nc2ccc(Cl)c(Cl)c2)cc1. The fraction of sp³-hybridized carbons (Fsp3) is 0.211. The van der Waals surface area contributed by atoms with E-state index in [1.165, 1.54) is 6.21 Å². The summed E-state index contributed by atoms with van der Waals surface area (Å²) in [6, 6.07) is 12.1. The molecule has 2 N–H and O–H groups in total. The maximum absolute atomic E-state index is 11.9. The second-order valence-corrected chi connectivity index (χ2v) is 6.29. The van der Waals surface area contributed by atoms with Gasteiger partial charge in [-0.15, -0.1) is 0 Å². The predicted molar refractivity (Wildman–Crippen MR) is 108 cm³/mol. The molecule has 0 atom stereocenters. The molecule has 0 saturated carbocycles. The van der Waals surface area contributed by atoms with Crippen molar-refractivity contribution in [1.82, 2.24) is 5.43 Å². The molecule has 2 aromatic carbocycles. The van der Waals surface area contributed by atoms with Crippen LogP contribution in [0.2, 0.25) is 10.0 Å². The van der Waals surface area contributed by atoms with Crippen LogP contribution in [-0.4, -0.2) is 24.6 Å². The highest BCUT2D eigenvalue weighted by atomic mass is 35.5. The number of hydrogen-bond donors (Lipinski definition) is 2. The Hall–Kier alpha value is -2.57. The van der Waals surface area contributed by atoms with E-state index in [4.69, 9.17) is 27.9 Å². The molecule has 0 aliphatic heterocycles. The zero-order valence-electron chi connectivity index (χ0n) is 14.7. The molecule has 2 amide bonds. The molecule has 0 aromatic heterocycles. The van der Waals surface area contributed by atoms with Crippen LogP contribution in [-0.2, 0) is 9.59 Å². The highest BCUT2D eigenvalue weighted by Crippen LogP contribution is 2.25. The number of anilines is 1. The average molecular weight is 408 g/mol. The Bertz CT molecular complexity index is 823. The molecular formula is C19H19Cl2N3O3. The molecule has 8 heteroatoms. The van der Waals surface area contributed by atoms with Gasteiger partial charge in [-0.05, 0) is 55.0 Å². The Morgan fingerprint density at radius 2 is 1.74 bits per heavy atom. The van der Waals surface area contributed by atoms with Gasteiger partial charge in [0.1, 0.15) is 5.75 Å². The van der Waals surface area contributed by atoms with E-state index in [1.807, 2.05) is 31.2 Å². The van der Waals surface area contributed by atoms with Crippen molar-refractivity contribution < 1.29 is 14.3 Å². The van der Waals surface area contributed by atoms with Crippen molar-refractivity contribution in [1.29, 1.82) is 0 Å². The highest BCUT2D eigenvalue weighted by Gasteiger charge is 2.08. The van der Waals surface area contributed by atoms with Gasteiger partial charge in [-0.3, -0.25) is 9.59 Å². The minimum Gasteiger partial charge on any atom is -0.494 e. The van der Waals surface area contributed by atoms with Crippen molar-refractivity contribution in [3.05, 3.63) is 58.1 Å². The molecule has 0 heterocycles. The standard InChI is InChI=1S/C19H19Cl2N3O3/c1-2-27-15-6-3-13(4-7-15)12-22-24-19(26)10-9-18(25)23-14-5-8-16(20)17(21)11-14/h3-8,11-12H,2,9-10H2,1H3,(H,23,25)(H,24,26). The van der Waals surface area contributed by atoms with Crippen LogP contribution < -0.4 is 15.5 Å². The second kappa shape index (κ2) is 10.5. The van der Waals surface area contributed by atoms with E-state index in [2.05, 4.69) is 15.8 Å². The van der Waals surface area contributed by atoms with Crippen LogP contribution >= 0.6 is 23.2 Å². The van der Waals surface area contributed by atoms with Gasteiger partial charge in [-0.2, -0.15) is 5.10 Å². The normalized spacial score (nSPS) is 10.6. The van der Waals surface area contributed by atoms with Gasteiger partial charge in [0.2, 0.25) is 11.8 Å². The smallest absolute Gasteiger partial charge is 0.240 e. The number of ether oxygens (including phenoxy) is 1. The van der Waals surface area contributed by atoms with Crippen molar-refractivity contribution in [2.45, 2.75) is 19.8 Å². The van der Waals surface area contributed by atoms with Crippen LogP contribution in [0.15, 0.2) is 47.6 Å². The summed E-state index contributed by atoms with van der Waals surface area (Å²) in [4.78, 5) is 23.6. The quantitative estimate of drug-likeness (QED) is 0.506. The molecule has 0 unspecified atom stereocenters. The van der Waals surface area contributed by atoms with Crippen molar-refractivity contribution >= 4 is 46.9 Å². The third-order valence-corrected chi connectivity index (χ3v) is 4.12. The van der Waals surface area contributed by atoms with Crippen LogP contribution in [0.4, 0.5) is 5.69 Å². The molecule has 0 radical (unpaired) electrons. The molecule has 0 spiro atoms. The Balaban J connectivity index is 1.73. The van der Waals surface area contributed by atoms with Crippen LogP contribution in [0, 0.1) is 0 Å². The van der Waals surface area contributed by atoms with E-state index >= 15 is 0 Å². The summed E-state index contributed by atoms with van der Waals surface area (Å²) in [6.45, 7) is 2.51. The van der Waals surface area contributed by atoms with Gasteiger partial charge in [-0.25, -0.2) is 5.43 Å². The first-order valence-electron chi connectivity index (χ1n) is 8.27. The van der Waals surface area contributed by atoms with Crippen LogP contribution in [0.1, 0.15) is 25.3 Å². The minimum atomic E-state index is -0.360. The molecule has 0 aliphatic rings. The number of nitrogens with zero attached hydrogens (tertiary/aromatic N) is 1. The fourth-order valence-electron chi connectivity index (χ4n) is 2.08. The molecule has 0 bridgehead atoms. The van der Waals surface area contributed by atoms with Gasteiger partial charge in [0.25, 0.3) is 0 Å². The lowest BCUT2D eigenvalue weighted by Gasteiger charge is -2.06. The van der Waals surface area contributed by atoms with Gasteiger partial charge in [0.05, 0.1) is 22.9 Å². The predicted octanol–water partition coefficient (Wildman–Crippen LogP) is 4.26. The van der Waals surface area contributed by atoms with Gasteiger partial charge >= 0.3 is 0 Å². The number of amides is 2. The third-order valence-electron chi connectivity index (χ3n) is 3.38. The Kier molecular flexibility index (Phi) is 8.10. The van der Waals surface area contributed by atoms with E-state index in [9.17, 15) is 9.59 Å². The summed E-state index contributed by atoms with van der Waals surface area (Å²) in [6.07, 6.45) is 1.54. The van der Waals surface area contributed by atoms with Crippen LogP contribution in [0.25, 0.3) is 0 Å². The Labute approximate surface area is 167 Å². The summed E-state index contributed by atoms with van der Waals surface area (Å²) >= 11 is 11.7. The summed E-state index contributed by atoms with van der Waals surface area (Å²) in [5.41, 5.74) is 3.72. The first kappa shape index (κ1) is 20.7. The van der Waals surface area contributed by atoms with Gasteiger partial charge in [-0.1, -0.05) is 23.2 Å². The zero-order valence-corrected chi connectivity index (χ0v) is 16.2. The molecular weight excluding hydrogens is 389 g/mol. The summed E-state index contributed by atoms with van der Waals surface area (Å²) in [5, 5.41) is 7.27. The number of benzene rings is 2. The first-order valence-corrected chi connectivity index (χ1v) is 9.03. The maximum Gasteiger partial charge on any atom is 0.240 e. The Morgan fingerprint density at radius 1 is 1.04 bits per heavy atom. The largest absolute Gasteiger partial charge is 0.494 e. The molecule has 0 aliphatic carbocycles. The first-order chi connectivity index (χ1) is 13.0. The second-order valence-electron chi connectivity index (χ2n) is 5.47. The molecule has 2 rings (SSSR count). The van der Waals surface area contributed by atoms with Crippen LogP contribution in [0.3, 0.4) is 0 Å². The number of halogens is 2. The molecule has 142 valence electrons. The summed E-state index contributed by atoms with van der Waals surface area (Å²) in [5.74, 6) is 0.104. The number of hydrazone groups is 1. The zero-order chi connectivity index (χ0) is 19.6. The molecule has 6 nitrogen and oxygen atoms in total. The monoisotopic (exact) mass is 407 g/mol. The number of carbonyl (C=O) groups is 2. The van der Waals surface area contributed by atoms with E-state index in [-0.39, 0.29) is 24.7 Å². The summed E-state index contributed by atoms with van der Waals surface area (Å²) in [7, 11) is 0. The fourth-order valence-corrected chi connectivity index (χ4v) is 2.37. The molecule has 0 saturated heterocycles. The Morgan fingerprint density at radius 3 is 2.41 bits per heavy atom. The maximum atomic E-state index is 11.9. The van der Waals surface area contributed by atoms with Crippen molar-refractivity contribution in [2.24, 2.45) is 5.10 Å². The van der Waals surface area contributed by atoms with E-state index in [0.717, 1.165) is 11.3 Å². The van der Waals surface area contributed by atoms with E-state index in [1.54, 1.807) is 18.2 Å². The van der Waals surface area contributed by atoms with Gasteiger partial charge in [0, 0.05) is 18.5 Å². The number of nitrogens with one attached hydrogen (secondary N) is 2. The van der Waals surface area contributed by atoms with Crippen molar-refractivity contribution in [3.63, 3.8) is 0 Å². The van der Waals surface area contributed by atoms with Gasteiger partial charge in [0.15, 0.2) is 0 Å². The highest BCUT2D eigenvalue weighted by molar-refractivity contribution is 6.42. The lowest BCUT2D eigenvalue weighted by molar-refractivity contribution is -0.124. The molecule has 0 fully saturated rings. The number of carbonyl (C=O) groups excluding carboxylic acids is 2. The van der Waals surface area contributed by atoms with Crippen molar-refractivity contribution in [3.8, 4) is 5.75 Å². The minimum absolute atomic E-state index is 0.00771. The molecule has 2 aromatic rings. The average Bonchev–Trinajstić information content (AvgIpc) is 2.65. The summed E-state index contributed by atoms with van der Waals surface area (Å²) < 4.78 is 5.35. The lowest BCUT2D eigenvalue weighted by atomic mass is 10.2. The third kappa shape index (κ3) is 7.29. The number of hydrogen-bond acceptors (Lipinski definition) is 4. The topological polar surface area (TPSA) is 79.8 Å². The lowest BCUT2D eigenvalue weighted by Crippen LogP contribution is -2.20. The molecule has 27 heavy (non-hydrogen) atoms. The van der Waals surface area contributed by atoms with Gasteiger partial charge < -0.3 is 10.1 Å². The van der Waals surface area contributed by atoms with E-state index in [0.29, 0.717) is 22.3 Å². The van der Waals surface area contributed by atoms with Crippen molar-refractivity contribution in [2.75, 3.05) is 11.9 Å².